The molecule has 1 aromatic carbocycles. The van der Waals surface area contributed by atoms with Gasteiger partial charge in [-0.2, -0.15) is 4.31 Å². The first-order chi connectivity index (χ1) is 8.70. The Hall–Kier alpha value is -0.560. The van der Waals surface area contributed by atoms with Gasteiger partial charge in [-0.05, 0) is 5.56 Å². The molecule has 1 aromatic rings. The zero-order valence-electron chi connectivity index (χ0n) is 9.69. The van der Waals surface area contributed by atoms with Gasteiger partial charge in [-0.1, -0.05) is 30.3 Å². The summed E-state index contributed by atoms with van der Waals surface area (Å²) < 4.78 is 29.4. The van der Waals surface area contributed by atoms with Crippen LogP contribution in [0.2, 0.25) is 0 Å². The minimum atomic E-state index is -5.11. The Balaban J connectivity index is 2.42. The molecule has 0 saturated heterocycles. The first-order valence-electron chi connectivity index (χ1n) is 5.17. The van der Waals surface area contributed by atoms with Gasteiger partial charge in [0, 0.05) is 6.42 Å². The standard InChI is InChI=1S/C9H14O8P2/c10-9(8-4-2-1-3-5-8)6-7-16-19(14,15)17-18(11,12)13/h1-5,9-10H,6-7H2,(H,14,15)(H2,11,12,13). The number of hydrogen-bond donors (Lipinski definition) is 4. The molecular weight excluding hydrogens is 298 g/mol. The molecule has 0 saturated carbocycles. The number of phosphoric acid groups is 2. The number of aliphatic hydroxyl groups is 1. The van der Waals surface area contributed by atoms with Crippen molar-refractivity contribution in [3.63, 3.8) is 0 Å². The molecule has 0 aliphatic heterocycles. The topological polar surface area (TPSA) is 134 Å². The second-order valence-corrected chi connectivity index (χ2v) is 6.42. The van der Waals surface area contributed by atoms with E-state index in [0.717, 1.165) is 0 Å². The monoisotopic (exact) mass is 312 g/mol. The van der Waals surface area contributed by atoms with E-state index >= 15 is 0 Å². The van der Waals surface area contributed by atoms with Gasteiger partial charge in [-0.25, -0.2) is 9.13 Å². The molecule has 1 rings (SSSR count). The maximum absolute atomic E-state index is 11.1. The summed E-state index contributed by atoms with van der Waals surface area (Å²) in [5.74, 6) is 0. The third-order valence-corrected chi connectivity index (χ3v) is 4.22. The van der Waals surface area contributed by atoms with E-state index < -0.39 is 28.4 Å². The van der Waals surface area contributed by atoms with Gasteiger partial charge in [0.25, 0.3) is 0 Å². The number of aliphatic hydroxyl groups excluding tert-OH is 1. The summed E-state index contributed by atoms with van der Waals surface area (Å²) in [7, 11) is -9.95. The normalized spacial score (nSPS) is 16.8. The summed E-state index contributed by atoms with van der Waals surface area (Å²) in [4.78, 5) is 25.7. The lowest BCUT2D eigenvalue weighted by Crippen LogP contribution is -2.03. The Bertz CT molecular complexity index is 484. The average molecular weight is 312 g/mol. The highest BCUT2D eigenvalue weighted by Gasteiger charge is 2.32. The maximum Gasteiger partial charge on any atom is 0.481 e. The van der Waals surface area contributed by atoms with E-state index in [1.165, 1.54) is 0 Å². The highest BCUT2D eigenvalue weighted by atomic mass is 31.3. The molecule has 0 spiro atoms. The van der Waals surface area contributed by atoms with E-state index in [1.54, 1.807) is 30.3 Å². The van der Waals surface area contributed by atoms with Gasteiger partial charge >= 0.3 is 15.6 Å². The van der Waals surface area contributed by atoms with Crippen molar-refractivity contribution in [2.45, 2.75) is 12.5 Å². The van der Waals surface area contributed by atoms with E-state index in [9.17, 15) is 14.2 Å². The van der Waals surface area contributed by atoms with Crippen molar-refractivity contribution >= 4 is 15.6 Å². The van der Waals surface area contributed by atoms with Crippen LogP contribution in [0.4, 0.5) is 0 Å². The fourth-order valence-corrected chi connectivity index (χ4v) is 2.88. The first kappa shape index (κ1) is 16.5. The van der Waals surface area contributed by atoms with E-state index in [-0.39, 0.29) is 6.42 Å². The van der Waals surface area contributed by atoms with Crippen LogP contribution in [0.1, 0.15) is 18.1 Å². The minimum Gasteiger partial charge on any atom is -0.388 e. The van der Waals surface area contributed by atoms with Gasteiger partial charge in [-0.3, -0.25) is 4.52 Å². The van der Waals surface area contributed by atoms with Crippen molar-refractivity contribution < 1.29 is 37.8 Å². The second-order valence-electron chi connectivity index (χ2n) is 3.59. The van der Waals surface area contributed by atoms with Gasteiger partial charge in [0.15, 0.2) is 0 Å². The van der Waals surface area contributed by atoms with Crippen molar-refractivity contribution in [1.82, 2.24) is 0 Å². The van der Waals surface area contributed by atoms with Crippen LogP contribution in [-0.4, -0.2) is 26.4 Å². The molecule has 4 N–H and O–H groups in total. The third-order valence-electron chi connectivity index (χ3n) is 2.04. The highest BCUT2D eigenvalue weighted by Crippen LogP contribution is 2.57. The highest BCUT2D eigenvalue weighted by molar-refractivity contribution is 7.60. The molecule has 8 nitrogen and oxygen atoms in total. The molecule has 0 heterocycles. The predicted molar refractivity (Wildman–Crippen MR) is 64.9 cm³/mol. The first-order valence-corrected chi connectivity index (χ1v) is 8.19. The fraction of sp³-hybridized carbons (Fsp3) is 0.333. The maximum atomic E-state index is 11.1. The SMILES string of the molecule is O=P(O)(O)OP(=O)(O)OCCC(O)c1ccccc1. The summed E-state index contributed by atoms with van der Waals surface area (Å²) >= 11 is 0. The fourth-order valence-electron chi connectivity index (χ4n) is 1.28. The molecule has 2 atom stereocenters. The lowest BCUT2D eigenvalue weighted by Gasteiger charge is -2.14. The van der Waals surface area contributed by atoms with Crippen molar-refractivity contribution in [3.05, 3.63) is 35.9 Å². The largest absolute Gasteiger partial charge is 0.481 e. The summed E-state index contributed by atoms with van der Waals surface area (Å²) in [6.07, 6.45) is -0.949. The van der Waals surface area contributed by atoms with Crippen LogP contribution in [0, 0.1) is 0 Å². The van der Waals surface area contributed by atoms with Crippen molar-refractivity contribution in [2.75, 3.05) is 6.61 Å². The third kappa shape index (κ3) is 6.96. The summed E-state index contributed by atoms with van der Waals surface area (Å²) in [6, 6.07) is 8.52. The summed E-state index contributed by atoms with van der Waals surface area (Å²) in [6.45, 7) is -0.399. The van der Waals surface area contributed by atoms with Crippen molar-refractivity contribution in [1.29, 1.82) is 0 Å². The molecule has 0 fully saturated rings. The zero-order chi connectivity index (χ0) is 14.5. The summed E-state index contributed by atoms with van der Waals surface area (Å²) in [5, 5.41) is 9.70. The molecule has 108 valence electrons. The number of rotatable bonds is 7. The second kappa shape index (κ2) is 6.74. The van der Waals surface area contributed by atoms with Crippen molar-refractivity contribution in [2.24, 2.45) is 0 Å². The van der Waals surface area contributed by atoms with Crippen LogP contribution in [0.3, 0.4) is 0 Å². The van der Waals surface area contributed by atoms with Gasteiger partial charge in [0.2, 0.25) is 0 Å². The van der Waals surface area contributed by atoms with Crippen LogP contribution in [0.5, 0.6) is 0 Å². The van der Waals surface area contributed by atoms with Gasteiger partial charge in [0.1, 0.15) is 0 Å². The smallest absolute Gasteiger partial charge is 0.388 e. The Morgan fingerprint density at radius 3 is 2.21 bits per heavy atom. The Kier molecular flexibility index (Phi) is 5.85. The van der Waals surface area contributed by atoms with Crippen LogP contribution in [0.15, 0.2) is 30.3 Å². The number of hydrogen-bond acceptors (Lipinski definition) is 5. The average Bonchev–Trinajstić information content (AvgIpc) is 2.26. The zero-order valence-corrected chi connectivity index (χ0v) is 11.5. The lowest BCUT2D eigenvalue weighted by molar-refractivity contribution is 0.121. The molecule has 19 heavy (non-hydrogen) atoms. The molecule has 0 aliphatic carbocycles. The number of benzene rings is 1. The Morgan fingerprint density at radius 1 is 1.11 bits per heavy atom. The van der Waals surface area contributed by atoms with Crippen LogP contribution in [-0.2, 0) is 18.0 Å². The van der Waals surface area contributed by atoms with E-state index in [0.29, 0.717) is 5.56 Å². The molecule has 0 radical (unpaired) electrons. The minimum absolute atomic E-state index is 0.0287. The molecule has 0 amide bonds. The van der Waals surface area contributed by atoms with Crippen LogP contribution < -0.4 is 0 Å². The van der Waals surface area contributed by atoms with Crippen LogP contribution >= 0.6 is 15.6 Å². The molecule has 0 aromatic heterocycles. The molecule has 2 unspecified atom stereocenters. The molecule has 10 heteroatoms. The summed E-state index contributed by atoms with van der Waals surface area (Å²) in [5.41, 5.74) is 0.592. The Labute approximate surface area is 109 Å². The molecule has 0 bridgehead atoms. The molecule has 0 aliphatic rings. The quantitative estimate of drug-likeness (QED) is 0.554. The van der Waals surface area contributed by atoms with Gasteiger partial charge < -0.3 is 19.8 Å². The van der Waals surface area contributed by atoms with Gasteiger partial charge in [0.05, 0.1) is 12.7 Å². The predicted octanol–water partition coefficient (Wildman–Crippen LogP) is 1.34. The Morgan fingerprint density at radius 2 is 1.68 bits per heavy atom. The van der Waals surface area contributed by atoms with Gasteiger partial charge in [-0.15, -0.1) is 0 Å². The van der Waals surface area contributed by atoms with E-state index in [2.05, 4.69) is 8.83 Å². The number of phosphoric ester groups is 1. The molecular formula is C9H14O8P2. The van der Waals surface area contributed by atoms with E-state index in [1.807, 2.05) is 0 Å². The van der Waals surface area contributed by atoms with E-state index in [4.69, 9.17) is 14.7 Å². The lowest BCUT2D eigenvalue weighted by atomic mass is 10.1. The van der Waals surface area contributed by atoms with Crippen molar-refractivity contribution in [3.8, 4) is 0 Å². The van der Waals surface area contributed by atoms with Crippen LogP contribution in [0.25, 0.3) is 0 Å².